The predicted molar refractivity (Wildman–Crippen MR) is 173 cm³/mol. The molecule has 36 heavy (non-hydrogen) atoms. The van der Waals surface area contributed by atoms with Crippen molar-refractivity contribution in [3.8, 4) is 0 Å². The lowest BCUT2D eigenvalue weighted by molar-refractivity contribution is 0.509. The van der Waals surface area contributed by atoms with Crippen molar-refractivity contribution < 1.29 is 0 Å². The van der Waals surface area contributed by atoms with Crippen LogP contribution in [0.1, 0.15) is 150 Å². The van der Waals surface area contributed by atoms with Crippen LogP contribution in [-0.4, -0.2) is 22.6 Å². The molecule has 0 bridgehead atoms. The minimum Gasteiger partial charge on any atom is -0.107 e. The first kappa shape index (κ1) is 28.5. The highest BCUT2D eigenvalue weighted by Crippen LogP contribution is 2.62. The lowest BCUT2D eigenvalue weighted by atomic mass is 10.0. The fourth-order valence-corrected chi connectivity index (χ4v) is 17.7. The van der Waals surface area contributed by atoms with Crippen molar-refractivity contribution in [2.24, 2.45) is 0 Å². The maximum Gasteiger partial charge on any atom is 0.0194 e. The van der Waals surface area contributed by atoms with Crippen molar-refractivity contribution in [1.29, 1.82) is 0 Å². The van der Waals surface area contributed by atoms with Gasteiger partial charge in [-0.25, -0.2) is 0 Å². The van der Waals surface area contributed by atoms with Crippen LogP contribution >= 0.6 is 34.3 Å². The summed E-state index contributed by atoms with van der Waals surface area (Å²) in [7, 11) is 4.79. The van der Waals surface area contributed by atoms with E-state index in [1.54, 1.807) is 0 Å². The Balaban J connectivity index is 1.39. The zero-order chi connectivity index (χ0) is 24.4. The molecule has 0 aliphatic heterocycles. The molecule has 0 amide bonds. The third-order valence-corrected chi connectivity index (χ3v) is 18.4. The van der Waals surface area contributed by atoms with Crippen LogP contribution in [-0.2, 0) is 0 Å². The Morgan fingerprint density at radius 1 is 0.389 bits per heavy atom. The highest BCUT2D eigenvalue weighted by molar-refractivity contribution is 7.58. The smallest absolute Gasteiger partial charge is 0.0194 e. The minimum atomic E-state index is 0.891. The van der Waals surface area contributed by atoms with Gasteiger partial charge in [0.05, 0.1) is 0 Å². The lowest BCUT2D eigenvalue weighted by Crippen LogP contribution is -2.14. The Kier molecular flexibility index (Phi) is 12.4. The SMILES string of the molecule is c1ccc(C(PC2CCCCC2)PC2CCCCC2)c(C(PC2CCCCC2)PC2CCCCC2)c1. The third-order valence-electron chi connectivity index (χ3n) is 9.65. The highest BCUT2D eigenvalue weighted by atomic mass is 31.1. The van der Waals surface area contributed by atoms with E-state index in [0.29, 0.717) is 0 Å². The minimum absolute atomic E-state index is 0.891. The van der Waals surface area contributed by atoms with Crippen molar-refractivity contribution in [1.82, 2.24) is 0 Å². The van der Waals surface area contributed by atoms with Crippen LogP contribution in [0.4, 0.5) is 0 Å². The van der Waals surface area contributed by atoms with E-state index in [0.717, 1.165) is 33.4 Å². The number of hydrogen-bond acceptors (Lipinski definition) is 0. The zero-order valence-corrected chi connectivity index (χ0v) is 26.9. The van der Waals surface area contributed by atoms with E-state index >= 15 is 0 Å². The van der Waals surface area contributed by atoms with Gasteiger partial charge in [0.2, 0.25) is 0 Å². The maximum atomic E-state index is 2.65. The van der Waals surface area contributed by atoms with Gasteiger partial charge in [-0.15, -0.1) is 34.3 Å². The second-order valence-electron chi connectivity index (χ2n) is 12.5. The first-order chi connectivity index (χ1) is 17.8. The van der Waals surface area contributed by atoms with Crippen LogP contribution in [0.15, 0.2) is 24.3 Å². The molecule has 4 fully saturated rings. The topological polar surface area (TPSA) is 0 Å². The molecule has 4 unspecified atom stereocenters. The van der Waals surface area contributed by atoms with Gasteiger partial charge in [-0.05, 0) is 85.1 Å². The van der Waals surface area contributed by atoms with Gasteiger partial charge in [0, 0.05) is 10.8 Å². The standard InChI is InChI=1S/C32H54P4/c1-5-15-25(16-6-1)33-31(34-26-17-7-2-8-18-26)29-23-13-14-24-30(29)32(35-27-19-9-3-10-20-27)36-28-21-11-4-12-22-28/h13-14,23-28,31-36H,1-12,15-22H2. The van der Waals surface area contributed by atoms with Crippen molar-refractivity contribution >= 4 is 34.3 Å². The van der Waals surface area contributed by atoms with Crippen molar-refractivity contribution in [2.45, 2.75) is 162 Å². The van der Waals surface area contributed by atoms with Gasteiger partial charge in [-0.1, -0.05) is 101 Å². The van der Waals surface area contributed by atoms with Crippen molar-refractivity contribution in [3.05, 3.63) is 35.4 Å². The van der Waals surface area contributed by atoms with Gasteiger partial charge in [0.15, 0.2) is 0 Å². The van der Waals surface area contributed by atoms with Crippen LogP contribution in [0.3, 0.4) is 0 Å². The Morgan fingerprint density at radius 2 is 0.639 bits per heavy atom. The van der Waals surface area contributed by atoms with Crippen molar-refractivity contribution in [2.75, 3.05) is 0 Å². The van der Waals surface area contributed by atoms with Crippen molar-refractivity contribution in [3.63, 3.8) is 0 Å². The fraction of sp³-hybridized carbons (Fsp3) is 0.812. The maximum absolute atomic E-state index is 2.65. The summed E-state index contributed by atoms with van der Waals surface area (Å²) in [5.41, 5.74) is 7.87. The summed E-state index contributed by atoms with van der Waals surface area (Å²) in [6.07, 6.45) is 30.3. The summed E-state index contributed by atoms with van der Waals surface area (Å²) in [4.78, 5) is 0. The summed E-state index contributed by atoms with van der Waals surface area (Å²) in [5.74, 6) is 0. The fourth-order valence-electron chi connectivity index (χ4n) is 7.51. The summed E-state index contributed by atoms with van der Waals surface area (Å²) in [5, 5.41) is 1.78. The monoisotopic (exact) mass is 562 g/mol. The van der Waals surface area contributed by atoms with Crippen LogP contribution in [0, 0.1) is 0 Å². The molecule has 202 valence electrons. The molecule has 0 spiro atoms. The number of hydrogen-bond donors (Lipinski definition) is 0. The largest absolute Gasteiger partial charge is 0.107 e. The Labute approximate surface area is 231 Å². The Bertz CT molecular complexity index is 639. The second kappa shape index (κ2) is 15.7. The summed E-state index contributed by atoms with van der Waals surface area (Å²) in [6.45, 7) is 0. The molecule has 4 aliphatic rings. The van der Waals surface area contributed by atoms with E-state index < -0.39 is 0 Å². The van der Waals surface area contributed by atoms with Gasteiger partial charge in [0.25, 0.3) is 0 Å². The Hall–Kier alpha value is 0.940. The van der Waals surface area contributed by atoms with Gasteiger partial charge in [0.1, 0.15) is 0 Å². The first-order valence-corrected chi connectivity index (χ1v) is 20.6. The first-order valence-electron chi connectivity index (χ1n) is 16.0. The average Bonchev–Trinajstić information content (AvgIpc) is 2.95. The van der Waals surface area contributed by atoms with Crippen LogP contribution < -0.4 is 0 Å². The summed E-state index contributed by atoms with van der Waals surface area (Å²) >= 11 is 0. The molecule has 0 aromatic heterocycles. The third kappa shape index (κ3) is 8.72. The molecule has 0 N–H and O–H groups in total. The van der Waals surface area contributed by atoms with Gasteiger partial charge in [-0.2, -0.15) is 0 Å². The summed E-state index contributed by atoms with van der Waals surface area (Å²) < 4.78 is 0. The molecular weight excluding hydrogens is 508 g/mol. The molecule has 4 saturated carbocycles. The van der Waals surface area contributed by atoms with E-state index in [1.807, 2.05) is 11.1 Å². The molecule has 0 nitrogen and oxygen atoms in total. The van der Waals surface area contributed by atoms with Crippen LogP contribution in [0.25, 0.3) is 0 Å². The average molecular weight is 563 g/mol. The van der Waals surface area contributed by atoms with Gasteiger partial charge in [-0.3, -0.25) is 0 Å². The quantitative estimate of drug-likeness (QED) is 0.249. The van der Waals surface area contributed by atoms with Gasteiger partial charge >= 0.3 is 0 Å². The Morgan fingerprint density at radius 3 is 0.889 bits per heavy atom. The van der Waals surface area contributed by atoms with Crippen LogP contribution in [0.2, 0.25) is 0 Å². The second-order valence-corrected chi connectivity index (χ2v) is 20.6. The lowest BCUT2D eigenvalue weighted by Gasteiger charge is -2.35. The molecule has 4 aliphatic carbocycles. The van der Waals surface area contributed by atoms with E-state index in [4.69, 9.17) is 0 Å². The molecule has 0 radical (unpaired) electrons. The number of benzene rings is 1. The van der Waals surface area contributed by atoms with E-state index in [9.17, 15) is 0 Å². The normalized spacial score (nSPS) is 26.9. The van der Waals surface area contributed by atoms with Crippen LogP contribution in [0.5, 0.6) is 0 Å². The molecule has 5 rings (SSSR count). The molecular formula is C32H54P4. The molecule has 4 atom stereocenters. The molecule has 0 heterocycles. The number of rotatable bonds is 10. The van der Waals surface area contributed by atoms with E-state index in [-0.39, 0.29) is 0 Å². The molecule has 0 saturated heterocycles. The van der Waals surface area contributed by atoms with E-state index in [2.05, 4.69) is 24.3 Å². The van der Waals surface area contributed by atoms with E-state index in [1.165, 1.54) is 163 Å². The molecule has 1 aromatic rings. The molecule has 1 aromatic carbocycles. The van der Waals surface area contributed by atoms with Gasteiger partial charge < -0.3 is 0 Å². The zero-order valence-electron chi connectivity index (χ0n) is 22.9. The predicted octanol–water partition coefficient (Wildman–Crippen LogP) is 11.7. The highest BCUT2D eigenvalue weighted by Gasteiger charge is 2.30. The summed E-state index contributed by atoms with van der Waals surface area (Å²) in [6, 6.07) is 10.1. The molecule has 4 heteroatoms.